The van der Waals surface area contributed by atoms with E-state index in [0.29, 0.717) is 6.42 Å². The molecule has 1 heterocycles. The number of nitrogens with two attached hydrogens (primary N) is 1. The second-order valence-electron chi connectivity index (χ2n) is 4.92. The Morgan fingerprint density at radius 3 is 2.68 bits per heavy atom. The second-order valence-corrected chi connectivity index (χ2v) is 6.11. The number of nitrogens with one attached hydrogen (secondary N) is 2. The fourth-order valence-corrected chi connectivity index (χ4v) is 2.75. The van der Waals surface area contributed by atoms with Gasteiger partial charge in [-0.3, -0.25) is 19.4 Å². The molecule has 0 aliphatic heterocycles. The number of carbonyl (C=O) groups is 2. The van der Waals surface area contributed by atoms with E-state index in [9.17, 15) is 18.8 Å². The Kier molecular flexibility index (Phi) is 5.75. The highest BCUT2D eigenvalue weighted by Gasteiger charge is 2.20. The Hall–Kier alpha value is -2.88. The number of carboxylic acid groups (broad SMARTS) is 1. The first-order valence-electron chi connectivity index (χ1n) is 7.18. The van der Waals surface area contributed by atoms with Gasteiger partial charge in [-0.05, 0) is 18.6 Å². The number of aromatic nitrogens is 2. The summed E-state index contributed by atoms with van der Waals surface area (Å²) in [4.78, 5) is 41.5. The number of aromatic amines is 1. The molecule has 0 bridgehead atoms. The van der Waals surface area contributed by atoms with Crippen molar-refractivity contribution in [1.82, 2.24) is 9.97 Å². The number of carbonyl (C=O) groups excluding carboxylic acids is 1. The monoisotopic (exact) mass is 366 g/mol. The minimum Gasteiger partial charge on any atom is -0.480 e. The predicted molar refractivity (Wildman–Crippen MR) is 91.2 cm³/mol. The molecular formula is C15H15FN4O4S. The Morgan fingerprint density at radius 1 is 1.44 bits per heavy atom. The Labute approximate surface area is 145 Å². The van der Waals surface area contributed by atoms with Crippen molar-refractivity contribution in [1.29, 1.82) is 0 Å². The number of carboxylic acids is 1. The van der Waals surface area contributed by atoms with Gasteiger partial charge in [0.25, 0.3) is 11.5 Å². The third kappa shape index (κ3) is 4.35. The number of rotatable bonds is 6. The summed E-state index contributed by atoms with van der Waals surface area (Å²) in [6.07, 6.45) is 0.315. The lowest BCUT2D eigenvalue weighted by molar-refractivity contribution is -0.136. The number of hydrogen-bond acceptors (Lipinski definition) is 6. The second kappa shape index (κ2) is 7.79. The van der Waals surface area contributed by atoms with E-state index in [1.807, 2.05) is 0 Å². The average molecular weight is 366 g/mol. The van der Waals surface area contributed by atoms with Crippen molar-refractivity contribution in [3.8, 4) is 0 Å². The van der Waals surface area contributed by atoms with Crippen LogP contribution in [0.15, 0.2) is 34.2 Å². The van der Waals surface area contributed by atoms with Crippen molar-refractivity contribution >= 4 is 35.1 Å². The number of H-pyrrole nitrogens is 1. The van der Waals surface area contributed by atoms with Gasteiger partial charge in [0.05, 0.1) is 5.56 Å². The molecule has 5 N–H and O–H groups in total. The zero-order chi connectivity index (χ0) is 18.6. The lowest BCUT2D eigenvalue weighted by atomic mass is 10.2. The molecule has 1 aromatic heterocycles. The van der Waals surface area contributed by atoms with Crippen LogP contribution in [0, 0.1) is 5.82 Å². The number of halogens is 1. The fraction of sp³-hybridized carbons (Fsp3) is 0.200. The first-order chi connectivity index (χ1) is 11.8. The summed E-state index contributed by atoms with van der Waals surface area (Å²) >= 11 is 0.833. The molecule has 1 atom stereocenters. The molecular weight excluding hydrogens is 351 g/mol. The fourth-order valence-electron chi connectivity index (χ4n) is 1.92. The lowest BCUT2D eigenvalue weighted by Crippen LogP contribution is -2.24. The van der Waals surface area contributed by atoms with Crippen LogP contribution in [-0.2, 0) is 4.79 Å². The van der Waals surface area contributed by atoms with Crippen molar-refractivity contribution in [2.45, 2.75) is 23.8 Å². The number of hydrogen-bond donors (Lipinski definition) is 4. The molecule has 1 aromatic carbocycles. The number of nitrogen functional groups attached to an aromatic ring is 1. The molecule has 1 amide bonds. The summed E-state index contributed by atoms with van der Waals surface area (Å²) in [5.41, 5.74) is 4.33. The van der Waals surface area contributed by atoms with E-state index in [0.717, 1.165) is 17.8 Å². The van der Waals surface area contributed by atoms with Crippen LogP contribution in [0.1, 0.15) is 23.7 Å². The highest BCUT2D eigenvalue weighted by Crippen LogP contribution is 2.23. The molecule has 0 spiro atoms. The zero-order valence-corrected chi connectivity index (χ0v) is 13.9. The molecule has 2 rings (SSSR count). The van der Waals surface area contributed by atoms with Crippen LogP contribution < -0.4 is 16.6 Å². The minimum atomic E-state index is -1.05. The van der Waals surface area contributed by atoms with Gasteiger partial charge in [0.1, 0.15) is 16.8 Å². The Bertz CT molecular complexity index is 871. The number of aliphatic carboxylic acids is 1. The number of thioether (sulfide) groups is 1. The molecule has 0 saturated carbocycles. The van der Waals surface area contributed by atoms with Gasteiger partial charge in [-0.1, -0.05) is 30.8 Å². The molecule has 0 fully saturated rings. The van der Waals surface area contributed by atoms with Gasteiger partial charge < -0.3 is 16.2 Å². The number of anilines is 2. The Balaban J connectivity index is 2.26. The summed E-state index contributed by atoms with van der Waals surface area (Å²) in [7, 11) is 0. The van der Waals surface area contributed by atoms with Crippen LogP contribution in [0.2, 0.25) is 0 Å². The van der Waals surface area contributed by atoms with Crippen LogP contribution in [0.4, 0.5) is 15.9 Å². The smallest absolute Gasteiger partial charge is 0.317 e. The maximum Gasteiger partial charge on any atom is 0.317 e. The minimum absolute atomic E-state index is 0.0145. The normalized spacial score (nSPS) is 11.8. The standard InChI is InChI=1S/C15H15FN4O4S/c1-2-9(14(23)24)25-15-19-11(17)10(13(22)20-15)18-12(21)7-5-3-4-6-8(7)16/h3-6,9H,2H2,1H3,(H,18,21)(H,23,24)(H3,17,19,20,22)/t9-/m1/s1. The van der Waals surface area contributed by atoms with E-state index in [1.54, 1.807) is 6.92 Å². The van der Waals surface area contributed by atoms with Crippen molar-refractivity contribution in [2.75, 3.05) is 11.1 Å². The Morgan fingerprint density at radius 2 is 2.12 bits per heavy atom. The molecule has 25 heavy (non-hydrogen) atoms. The van der Waals surface area contributed by atoms with Crippen LogP contribution >= 0.6 is 11.8 Å². The first kappa shape index (κ1) is 18.5. The summed E-state index contributed by atoms with van der Waals surface area (Å²) in [6.45, 7) is 1.68. The van der Waals surface area contributed by atoms with Crippen molar-refractivity contribution in [3.63, 3.8) is 0 Å². The topological polar surface area (TPSA) is 138 Å². The van der Waals surface area contributed by atoms with E-state index in [-0.39, 0.29) is 22.2 Å². The molecule has 8 nitrogen and oxygen atoms in total. The van der Waals surface area contributed by atoms with Gasteiger partial charge in [0.15, 0.2) is 11.0 Å². The van der Waals surface area contributed by atoms with Crippen LogP contribution in [0.5, 0.6) is 0 Å². The van der Waals surface area contributed by atoms with Gasteiger partial charge in [-0.2, -0.15) is 0 Å². The van der Waals surface area contributed by atoms with Crippen molar-refractivity contribution in [2.24, 2.45) is 0 Å². The largest absolute Gasteiger partial charge is 0.480 e. The molecule has 0 unspecified atom stereocenters. The molecule has 2 aromatic rings. The maximum atomic E-state index is 13.6. The van der Waals surface area contributed by atoms with E-state index in [1.165, 1.54) is 18.2 Å². The summed E-state index contributed by atoms with van der Waals surface area (Å²) < 4.78 is 13.6. The van der Waals surface area contributed by atoms with Crippen molar-refractivity contribution in [3.05, 3.63) is 46.0 Å². The van der Waals surface area contributed by atoms with Gasteiger partial charge >= 0.3 is 5.97 Å². The van der Waals surface area contributed by atoms with Crippen molar-refractivity contribution < 1.29 is 19.1 Å². The summed E-state index contributed by atoms with van der Waals surface area (Å²) in [5, 5.41) is 10.5. The van der Waals surface area contributed by atoms with Crippen LogP contribution in [0.25, 0.3) is 0 Å². The van der Waals surface area contributed by atoms with Gasteiger partial charge in [0, 0.05) is 0 Å². The predicted octanol–water partition coefficient (Wildman–Crippen LogP) is 1.70. The van der Waals surface area contributed by atoms with Gasteiger partial charge in [0.2, 0.25) is 0 Å². The average Bonchev–Trinajstić information content (AvgIpc) is 2.56. The SMILES string of the molecule is CC[C@@H](Sc1nc(N)c(NC(=O)c2ccccc2F)c(=O)[nH]1)C(=O)O. The molecule has 0 radical (unpaired) electrons. The highest BCUT2D eigenvalue weighted by atomic mass is 32.2. The molecule has 0 aliphatic rings. The van der Waals surface area contributed by atoms with Gasteiger partial charge in [-0.15, -0.1) is 0 Å². The van der Waals surface area contributed by atoms with E-state index in [4.69, 9.17) is 10.8 Å². The van der Waals surface area contributed by atoms with Crippen LogP contribution in [-0.4, -0.2) is 32.2 Å². The quantitative estimate of drug-likeness (QED) is 0.451. The lowest BCUT2D eigenvalue weighted by Gasteiger charge is -2.11. The molecule has 10 heteroatoms. The van der Waals surface area contributed by atoms with E-state index in [2.05, 4.69) is 15.3 Å². The molecule has 0 saturated heterocycles. The van der Waals surface area contributed by atoms with E-state index < -0.39 is 28.5 Å². The van der Waals surface area contributed by atoms with Gasteiger partial charge in [-0.25, -0.2) is 9.37 Å². The zero-order valence-electron chi connectivity index (χ0n) is 13.1. The third-order valence-electron chi connectivity index (χ3n) is 3.18. The molecule has 132 valence electrons. The maximum absolute atomic E-state index is 13.6. The first-order valence-corrected chi connectivity index (χ1v) is 8.06. The highest BCUT2D eigenvalue weighted by molar-refractivity contribution is 8.00. The third-order valence-corrected chi connectivity index (χ3v) is 4.42. The molecule has 0 aliphatic carbocycles. The summed E-state index contributed by atoms with van der Waals surface area (Å²) in [5.74, 6) is -2.95. The number of benzene rings is 1. The number of amides is 1. The number of nitrogens with zero attached hydrogens (tertiary/aromatic N) is 1. The summed E-state index contributed by atoms with van der Waals surface area (Å²) in [6, 6.07) is 5.26. The van der Waals surface area contributed by atoms with E-state index >= 15 is 0 Å². The van der Waals surface area contributed by atoms with Crippen LogP contribution in [0.3, 0.4) is 0 Å².